The minimum absolute atomic E-state index is 0.0347. The molecule has 3 aromatic rings. The van der Waals surface area contributed by atoms with Crippen LogP contribution in [0.25, 0.3) is 11.0 Å². The Bertz CT molecular complexity index is 1070. The highest BCUT2D eigenvalue weighted by atomic mass is 32.2. The molecule has 1 N–H and O–H groups in total. The van der Waals surface area contributed by atoms with Crippen LogP contribution in [0.1, 0.15) is 38.4 Å². The number of ether oxygens (including phenoxy) is 1. The van der Waals surface area contributed by atoms with Gasteiger partial charge in [0.15, 0.2) is 12.4 Å². The number of nitrogens with zero attached hydrogens (tertiary/aromatic N) is 3. The van der Waals surface area contributed by atoms with Gasteiger partial charge in [-0.2, -0.15) is 4.73 Å². The summed E-state index contributed by atoms with van der Waals surface area (Å²) in [5.74, 6) is 0.0792. The molecule has 0 aliphatic carbocycles. The lowest BCUT2D eigenvalue weighted by Crippen LogP contribution is -2.26. The summed E-state index contributed by atoms with van der Waals surface area (Å²) in [4.78, 5) is 8.86. The van der Waals surface area contributed by atoms with Crippen LogP contribution in [0.5, 0.6) is 5.88 Å². The van der Waals surface area contributed by atoms with E-state index in [1.165, 1.54) is 12.4 Å². The molecule has 0 radical (unpaired) electrons. The van der Waals surface area contributed by atoms with Crippen molar-refractivity contribution in [3.8, 4) is 5.88 Å². The first-order chi connectivity index (χ1) is 13.4. The number of hydrogen-bond acceptors (Lipinski definition) is 6. The zero-order valence-corrected chi connectivity index (χ0v) is 16.5. The highest BCUT2D eigenvalue weighted by Crippen LogP contribution is 2.30. The lowest BCUT2D eigenvalue weighted by Gasteiger charge is -2.19. The first-order valence-electron chi connectivity index (χ1n) is 9.04. The van der Waals surface area contributed by atoms with Crippen molar-refractivity contribution in [2.24, 2.45) is 0 Å². The van der Waals surface area contributed by atoms with Gasteiger partial charge in [-0.15, -0.1) is 0 Å². The summed E-state index contributed by atoms with van der Waals surface area (Å²) in [7, 11) is -3.58. The van der Waals surface area contributed by atoms with Gasteiger partial charge in [-0.1, -0.05) is 26.0 Å². The van der Waals surface area contributed by atoms with E-state index in [0.717, 1.165) is 0 Å². The molecule has 0 bridgehead atoms. The molecule has 9 heteroatoms. The topological polar surface area (TPSA) is 108 Å². The lowest BCUT2D eigenvalue weighted by molar-refractivity contribution is -0.606. The highest BCUT2D eigenvalue weighted by molar-refractivity contribution is 7.92. The molecule has 2 heterocycles. The maximum absolute atomic E-state index is 12.3. The average Bonchev–Trinajstić information content (AvgIpc) is 2.65. The van der Waals surface area contributed by atoms with Gasteiger partial charge in [0.05, 0.1) is 22.3 Å². The van der Waals surface area contributed by atoms with E-state index in [1.807, 2.05) is 13.0 Å². The Balaban J connectivity index is 2.03. The Kier molecular flexibility index (Phi) is 5.93. The van der Waals surface area contributed by atoms with Crippen molar-refractivity contribution in [3.05, 3.63) is 59.6 Å². The number of benzene rings is 1. The summed E-state index contributed by atoms with van der Waals surface area (Å²) < 4.78 is 33.7. The number of sulfonamides is 1. The standard InChI is InChI=1S/C19H22N4O4S/c1-3-12-28(25,26)22-18-19(21-16-10-6-5-9-15(16)20-18)27-17(4-2)14-8-7-11-23(24)13-14/h5-11,13,17H,3-4,12H2,1-2H3,(H,20,22). The summed E-state index contributed by atoms with van der Waals surface area (Å²) in [6, 6.07) is 10.5. The quantitative estimate of drug-likeness (QED) is 0.458. The molecule has 148 valence electrons. The van der Waals surface area contributed by atoms with Crippen molar-refractivity contribution in [2.75, 3.05) is 10.5 Å². The van der Waals surface area contributed by atoms with Crippen LogP contribution in [-0.2, 0) is 10.0 Å². The minimum Gasteiger partial charge on any atom is -0.619 e. The molecule has 1 atom stereocenters. The maximum atomic E-state index is 12.3. The van der Waals surface area contributed by atoms with Gasteiger partial charge in [0.25, 0.3) is 5.88 Å². The summed E-state index contributed by atoms with van der Waals surface area (Å²) >= 11 is 0. The fourth-order valence-corrected chi connectivity index (χ4v) is 3.85. The van der Waals surface area contributed by atoms with Crippen molar-refractivity contribution in [3.63, 3.8) is 0 Å². The minimum atomic E-state index is -3.58. The molecular formula is C19H22N4O4S. The zero-order valence-electron chi connectivity index (χ0n) is 15.7. The van der Waals surface area contributed by atoms with Gasteiger partial charge >= 0.3 is 0 Å². The summed E-state index contributed by atoms with van der Waals surface area (Å²) in [5, 5.41) is 11.6. The van der Waals surface area contributed by atoms with E-state index < -0.39 is 16.1 Å². The van der Waals surface area contributed by atoms with Gasteiger partial charge in [-0.05, 0) is 31.0 Å². The third kappa shape index (κ3) is 4.66. The Morgan fingerprint density at radius 2 is 1.86 bits per heavy atom. The predicted octanol–water partition coefficient (Wildman–Crippen LogP) is 2.95. The van der Waals surface area contributed by atoms with Crippen LogP contribution >= 0.6 is 0 Å². The van der Waals surface area contributed by atoms with E-state index in [4.69, 9.17) is 4.74 Å². The Hall–Kier alpha value is -2.94. The fourth-order valence-electron chi connectivity index (χ4n) is 2.78. The van der Waals surface area contributed by atoms with Gasteiger partial charge < -0.3 is 9.94 Å². The number of rotatable bonds is 8. The van der Waals surface area contributed by atoms with Crippen LogP contribution in [0.15, 0.2) is 48.8 Å². The van der Waals surface area contributed by atoms with E-state index in [0.29, 0.717) is 34.2 Å². The van der Waals surface area contributed by atoms with Crippen molar-refractivity contribution < 1.29 is 17.9 Å². The van der Waals surface area contributed by atoms with E-state index in [-0.39, 0.29) is 17.5 Å². The molecule has 0 aliphatic heterocycles. The van der Waals surface area contributed by atoms with E-state index in [1.54, 1.807) is 37.3 Å². The van der Waals surface area contributed by atoms with Crippen LogP contribution < -0.4 is 14.2 Å². The lowest BCUT2D eigenvalue weighted by atomic mass is 10.1. The number of nitrogens with one attached hydrogen (secondary N) is 1. The normalized spacial score (nSPS) is 12.6. The number of pyridine rings is 1. The monoisotopic (exact) mass is 402 g/mol. The molecule has 0 saturated heterocycles. The molecular weight excluding hydrogens is 380 g/mol. The predicted molar refractivity (Wildman–Crippen MR) is 106 cm³/mol. The highest BCUT2D eigenvalue weighted by Gasteiger charge is 2.21. The van der Waals surface area contributed by atoms with Crippen LogP contribution in [0, 0.1) is 5.21 Å². The average molecular weight is 402 g/mol. The summed E-state index contributed by atoms with van der Waals surface area (Å²) in [6.07, 6.45) is 3.35. The third-order valence-corrected chi connectivity index (χ3v) is 5.51. The van der Waals surface area contributed by atoms with E-state index in [9.17, 15) is 13.6 Å². The second-order valence-electron chi connectivity index (χ2n) is 6.30. The molecule has 8 nitrogen and oxygen atoms in total. The first-order valence-corrected chi connectivity index (χ1v) is 10.7. The second kappa shape index (κ2) is 8.39. The molecule has 0 fully saturated rings. The number of para-hydroxylation sites is 2. The number of hydrogen-bond donors (Lipinski definition) is 1. The Labute approximate surface area is 163 Å². The van der Waals surface area contributed by atoms with Crippen molar-refractivity contribution in [1.29, 1.82) is 0 Å². The van der Waals surface area contributed by atoms with Crippen LogP contribution in [0.2, 0.25) is 0 Å². The Morgan fingerprint density at radius 3 is 2.50 bits per heavy atom. The molecule has 0 saturated carbocycles. The molecule has 1 aromatic carbocycles. The Morgan fingerprint density at radius 1 is 1.14 bits per heavy atom. The summed E-state index contributed by atoms with van der Waals surface area (Å²) in [5.41, 5.74) is 1.80. The van der Waals surface area contributed by atoms with Crippen LogP contribution in [-0.4, -0.2) is 24.1 Å². The molecule has 0 amide bonds. The van der Waals surface area contributed by atoms with Gasteiger partial charge in [0.2, 0.25) is 15.8 Å². The number of aromatic nitrogens is 3. The number of anilines is 1. The smallest absolute Gasteiger partial charge is 0.259 e. The van der Waals surface area contributed by atoms with Gasteiger partial charge in [-0.25, -0.2) is 18.4 Å². The SMILES string of the molecule is CCCS(=O)(=O)Nc1nc2ccccc2nc1OC(CC)c1ccc[n+]([O-])c1. The first kappa shape index (κ1) is 19.8. The zero-order chi connectivity index (χ0) is 20.1. The van der Waals surface area contributed by atoms with Crippen molar-refractivity contribution in [1.82, 2.24) is 9.97 Å². The fraction of sp³-hybridized carbons (Fsp3) is 0.316. The number of fused-ring (bicyclic) bond motifs is 1. The molecule has 2 aromatic heterocycles. The third-order valence-electron chi connectivity index (χ3n) is 4.06. The van der Waals surface area contributed by atoms with Crippen molar-refractivity contribution in [2.45, 2.75) is 32.8 Å². The molecule has 1 unspecified atom stereocenters. The maximum Gasteiger partial charge on any atom is 0.259 e. The van der Waals surface area contributed by atoms with E-state index in [2.05, 4.69) is 14.7 Å². The second-order valence-corrected chi connectivity index (χ2v) is 8.14. The summed E-state index contributed by atoms with van der Waals surface area (Å²) in [6.45, 7) is 3.69. The van der Waals surface area contributed by atoms with Gasteiger partial charge in [0.1, 0.15) is 6.10 Å². The van der Waals surface area contributed by atoms with Crippen molar-refractivity contribution >= 4 is 26.9 Å². The van der Waals surface area contributed by atoms with Gasteiger partial charge in [-0.3, -0.25) is 4.72 Å². The van der Waals surface area contributed by atoms with Crippen LogP contribution in [0.4, 0.5) is 5.82 Å². The molecule has 3 rings (SSSR count). The van der Waals surface area contributed by atoms with E-state index >= 15 is 0 Å². The van der Waals surface area contributed by atoms with Gasteiger partial charge in [0, 0.05) is 6.07 Å². The molecule has 28 heavy (non-hydrogen) atoms. The molecule has 0 aliphatic rings. The largest absolute Gasteiger partial charge is 0.619 e. The van der Waals surface area contributed by atoms with Crippen LogP contribution in [0.3, 0.4) is 0 Å². The molecule has 0 spiro atoms.